The third-order valence-corrected chi connectivity index (χ3v) is 10.9. The topological polar surface area (TPSA) is 43.1 Å². The minimum atomic E-state index is 0.737. The van der Waals surface area contributed by atoms with Crippen LogP contribution in [0.25, 0.3) is 70.1 Å². The Morgan fingerprint density at radius 2 is 1.14 bits per heavy atom. The minimum Gasteiger partial charge on any atom is -0.309 e. The molecule has 4 aromatic heterocycles. The van der Waals surface area contributed by atoms with Crippen molar-refractivity contribution in [2.75, 3.05) is 0 Å². The molecule has 1 aliphatic rings. The number of aliphatic imine (C=N–C) groups is 1. The quantitative estimate of drug-likeness (QED) is 0.183. The number of hydrogen-bond donors (Lipinski definition) is 0. The van der Waals surface area contributed by atoms with Crippen molar-refractivity contribution < 1.29 is 0 Å². The van der Waals surface area contributed by atoms with Crippen molar-refractivity contribution in [3.05, 3.63) is 187 Å². The van der Waals surface area contributed by atoms with Gasteiger partial charge in [-0.1, -0.05) is 72.8 Å². The molecule has 0 N–H and O–H groups in total. The molecular weight excluding hydrogens is 641 g/mol. The molecule has 0 spiro atoms. The average Bonchev–Trinajstić information content (AvgIpc) is 3.63. The predicted octanol–water partition coefficient (Wildman–Crippen LogP) is 11.9. The molecule has 5 aromatic carbocycles. The molecule has 5 heterocycles. The number of pyridine rings is 2. The van der Waals surface area contributed by atoms with E-state index in [1.165, 1.54) is 69.9 Å². The summed E-state index contributed by atoms with van der Waals surface area (Å²) in [5.74, 6) is 0. The smallest absolute Gasteiger partial charge is 0.0897 e. The van der Waals surface area contributed by atoms with Crippen molar-refractivity contribution in [1.82, 2.24) is 14.5 Å². The van der Waals surface area contributed by atoms with Crippen molar-refractivity contribution in [1.29, 1.82) is 0 Å². The number of allylic oxidation sites excluding steroid dienone is 3. The lowest BCUT2D eigenvalue weighted by molar-refractivity contribution is 1.18. The third kappa shape index (κ3) is 5.18. The predicted molar refractivity (Wildman–Crippen MR) is 215 cm³/mol. The van der Waals surface area contributed by atoms with Gasteiger partial charge in [-0.3, -0.25) is 9.97 Å². The minimum absolute atomic E-state index is 0.737. The maximum absolute atomic E-state index is 5.08. The van der Waals surface area contributed by atoms with Gasteiger partial charge in [-0.05, 0) is 114 Å². The summed E-state index contributed by atoms with van der Waals surface area (Å²) >= 11 is 1.85. The van der Waals surface area contributed by atoms with E-state index < -0.39 is 0 Å². The van der Waals surface area contributed by atoms with Gasteiger partial charge >= 0.3 is 0 Å². The van der Waals surface area contributed by atoms with Crippen molar-refractivity contribution >= 4 is 70.3 Å². The fraction of sp³-hybridized carbons (Fsp3) is 0.0217. The molecule has 0 radical (unpaired) electrons. The highest BCUT2D eigenvalue weighted by molar-refractivity contribution is 7.25. The van der Waals surface area contributed by atoms with Crippen LogP contribution in [0.3, 0.4) is 0 Å². The second-order valence-corrected chi connectivity index (χ2v) is 13.9. The van der Waals surface area contributed by atoms with Gasteiger partial charge in [0.1, 0.15) is 0 Å². The monoisotopic (exact) mass is 670 g/mol. The Labute approximate surface area is 299 Å². The van der Waals surface area contributed by atoms with Crippen LogP contribution in [0.15, 0.2) is 175 Å². The molecule has 5 heteroatoms. The molecule has 0 atom stereocenters. The molecule has 51 heavy (non-hydrogen) atoms. The van der Waals surface area contributed by atoms with Gasteiger partial charge in [0.25, 0.3) is 0 Å². The normalized spacial score (nSPS) is 13.4. The Balaban J connectivity index is 1.08. The molecule has 4 nitrogen and oxygen atoms in total. The van der Waals surface area contributed by atoms with Crippen LogP contribution in [0.4, 0.5) is 0 Å². The first-order valence-corrected chi connectivity index (χ1v) is 18.0. The summed E-state index contributed by atoms with van der Waals surface area (Å²) in [7, 11) is 0. The Morgan fingerprint density at radius 1 is 0.510 bits per heavy atom. The van der Waals surface area contributed by atoms with Crippen LogP contribution in [-0.4, -0.2) is 20.2 Å². The van der Waals surface area contributed by atoms with Crippen LogP contribution < -0.4 is 0 Å². The van der Waals surface area contributed by atoms with Crippen LogP contribution in [0, 0.1) is 0 Å². The summed E-state index contributed by atoms with van der Waals surface area (Å²) < 4.78 is 4.94. The highest BCUT2D eigenvalue weighted by Gasteiger charge is 2.17. The Hall–Kier alpha value is -6.43. The summed E-state index contributed by atoms with van der Waals surface area (Å²) in [6.45, 7) is 0. The van der Waals surface area contributed by atoms with Crippen LogP contribution in [0.2, 0.25) is 0 Å². The number of para-hydroxylation sites is 2. The summed E-state index contributed by atoms with van der Waals surface area (Å²) in [5, 5.41) is 5.06. The van der Waals surface area contributed by atoms with Gasteiger partial charge in [-0.15, -0.1) is 11.3 Å². The SMILES string of the molecule is C1=C(c2ccc3sc4ccc(-c5ccc6c(c5)c5ccccc5n6-c5ccccc5)cc4c3c2)CC=C(c2ccccn2)N=C1c1ccccn1. The number of benzene rings is 5. The molecule has 1 aliphatic heterocycles. The van der Waals surface area contributed by atoms with Gasteiger partial charge in [0, 0.05) is 49.0 Å². The molecule has 0 fully saturated rings. The van der Waals surface area contributed by atoms with E-state index >= 15 is 0 Å². The van der Waals surface area contributed by atoms with E-state index in [1.54, 1.807) is 0 Å². The maximum Gasteiger partial charge on any atom is 0.0897 e. The largest absolute Gasteiger partial charge is 0.309 e. The number of fused-ring (bicyclic) bond motifs is 6. The molecule has 10 rings (SSSR count). The molecular formula is C46H30N4S. The lowest BCUT2D eigenvalue weighted by atomic mass is 9.97. The maximum atomic E-state index is 5.08. The molecule has 0 bridgehead atoms. The molecule has 0 amide bonds. The Bertz CT molecular complexity index is 2860. The summed E-state index contributed by atoms with van der Waals surface area (Å²) in [5.41, 5.74) is 11.8. The zero-order valence-corrected chi connectivity index (χ0v) is 28.4. The first-order valence-electron chi connectivity index (χ1n) is 17.1. The van der Waals surface area contributed by atoms with E-state index in [-0.39, 0.29) is 0 Å². The Kier molecular flexibility index (Phi) is 7.03. The molecule has 0 unspecified atom stereocenters. The number of nitrogens with zero attached hydrogens (tertiary/aromatic N) is 4. The molecule has 9 aromatic rings. The number of hydrogen-bond acceptors (Lipinski definition) is 4. The standard InChI is InChI=1S/C46H30N4S/c1-2-10-34(11-3-1)50-43-15-5-4-12-35(43)36-26-30(17-21-44(36)50)31-18-22-45-37(27-31)38-28-32(19-23-46(38)51-45)33-16-20-41(39-13-6-8-24-47-39)49-42(29-33)40-14-7-9-25-48-40/h1-15,17-29H,16H2. The van der Waals surface area contributed by atoms with E-state index in [4.69, 9.17) is 4.99 Å². The van der Waals surface area contributed by atoms with Gasteiger partial charge in [-0.2, -0.15) is 0 Å². The third-order valence-electron chi connectivity index (χ3n) is 9.78. The second kappa shape index (κ2) is 12.2. The molecule has 0 aliphatic carbocycles. The summed E-state index contributed by atoms with van der Waals surface area (Å²) in [4.78, 5) is 14.3. The average molecular weight is 671 g/mol. The van der Waals surface area contributed by atoms with Gasteiger partial charge in [0.05, 0.1) is 33.8 Å². The lowest BCUT2D eigenvalue weighted by Gasteiger charge is -2.08. The number of thiophene rings is 1. The van der Waals surface area contributed by atoms with E-state index in [9.17, 15) is 0 Å². The van der Waals surface area contributed by atoms with Gasteiger partial charge in [0.2, 0.25) is 0 Å². The molecule has 240 valence electrons. The fourth-order valence-electron chi connectivity index (χ4n) is 7.33. The van der Waals surface area contributed by atoms with E-state index in [0.29, 0.717) is 0 Å². The van der Waals surface area contributed by atoms with Crippen molar-refractivity contribution in [2.45, 2.75) is 6.42 Å². The van der Waals surface area contributed by atoms with Gasteiger partial charge in [0.15, 0.2) is 0 Å². The van der Waals surface area contributed by atoms with Crippen molar-refractivity contribution in [3.8, 4) is 16.8 Å². The molecule has 0 saturated carbocycles. The second-order valence-electron chi connectivity index (χ2n) is 12.8. The number of rotatable bonds is 5. The highest BCUT2D eigenvalue weighted by atomic mass is 32.1. The van der Waals surface area contributed by atoms with Crippen molar-refractivity contribution in [3.63, 3.8) is 0 Å². The van der Waals surface area contributed by atoms with Crippen LogP contribution in [-0.2, 0) is 0 Å². The highest BCUT2D eigenvalue weighted by Crippen LogP contribution is 2.40. The summed E-state index contributed by atoms with van der Waals surface area (Å²) in [6, 6.07) is 51.9. The zero-order chi connectivity index (χ0) is 33.7. The van der Waals surface area contributed by atoms with Crippen molar-refractivity contribution in [2.24, 2.45) is 4.99 Å². The van der Waals surface area contributed by atoms with Gasteiger partial charge < -0.3 is 4.57 Å². The van der Waals surface area contributed by atoms with E-state index in [0.717, 1.165) is 29.2 Å². The van der Waals surface area contributed by atoms with Crippen LogP contribution in [0.1, 0.15) is 23.4 Å². The number of aromatic nitrogens is 3. The molecule has 0 saturated heterocycles. The lowest BCUT2D eigenvalue weighted by Crippen LogP contribution is -2.01. The van der Waals surface area contributed by atoms with Crippen LogP contribution >= 0.6 is 11.3 Å². The first-order chi connectivity index (χ1) is 25.3. The van der Waals surface area contributed by atoms with E-state index in [1.807, 2.05) is 60.1 Å². The first kappa shape index (κ1) is 29.5. The Morgan fingerprint density at radius 3 is 1.90 bits per heavy atom. The fourth-order valence-corrected chi connectivity index (χ4v) is 8.39. The van der Waals surface area contributed by atoms with Crippen LogP contribution in [0.5, 0.6) is 0 Å². The van der Waals surface area contributed by atoms with Gasteiger partial charge in [-0.25, -0.2) is 4.99 Å². The van der Waals surface area contributed by atoms with E-state index in [2.05, 4.69) is 136 Å². The zero-order valence-electron chi connectivity index (χ0n) is 27.6. The summed E-state index contributed by atoms with van der Waals surface area (Å²) in [6.07, 6.45) is 8.75.